The smallest absolute Gasteiger partial charge is 0.134 e. The molecule has 21 heavy (non-hydrogen) atoms. The van der Waals surface area contributed by atoms with Crippen molar-refractivity contribution in [2.45, 2.75) is 12.5 Å². The molecule has 0 aliphatic rings. The predicted octanol–water partition coefficient (Wildman–Crippen LogP) is 4.49. The fourth-order valence-corrected chi connectivity index (χ4v) is 2.81. The van der Waals surface area contributed by atoms with E-state index in [2.05, 4.69) is 5.43 Å². The molecule has 3 aromatic rings. The van der Waals surface area contributed by atoms with Crippen LogP contribution in [0, 0.1) is 0 Å². The van der Waals surface area contributed by atoms with Gasteiger partial charge >= 0.3 is 0 Å². The van der Waals surface area contributed by atoms with Crippen molar-refractivity contribution >= 4 is 34.2 Å². The molecule has 3 rings (SSSR count). The van der Waals surface area contributed by atoms with E-state index in [0.717, 1.165) is 22.3 Å². The Morgan fingerprint density at radius 3 is 2.62 bits per heavy atom. The molecule has 0 aliphatic heterocycles. The molecular formula is C16H14Cl2N2O. The molecule has 0 saturated carbocycles. The van der Waals surface area contributed by atoms with Crippen molar-refractivity contribution in [1.82, 2.24) is 5.43 Å². The van der Waals surface area contributed by atoms with Crippen LogP contribution in [0.15, 0.2) is 52.9 Å². The molecule has 0 aliphatic carbocycles. The first kappa shape index (κ1) is 14.4. The number of halogens is 2. The van der Waals surface area contributed by atoms with Crippen molar-refractivity contribution < 1.29 is 4.42 Å². The van der Waals surface area contributed by atoms with Crippen LogP contribution >= 0.6 is 23.2 Å². The lowest BCUT2D eigenvalue weighted by molar-refractivity contribution is 0.434. The Morgan fingerprint density at radius 1 is 1.10 bits per heavy atom. The fraction of sp³-hybridized carbons (Fsp3) is 0.125. The molecule has 0 saturated heterocycles. The number of furan rings is 1. The molecule has 3 nitrogen and oxygen atoms in total. The van der Waals surface area contributed by atoms with Crippen molar-refractivity contribution in [1.29, 1.82) is 0 Å². The van der Waals surface area contributed by atoms with Gasteiger partial charge < -0.3 is 4.42 Å². The van der Waals surface area contributed by atoms with Gasteiger partial charge in [-0.15, -0.1) is 0 Å². The average Bonchev–Trinajstić information content (AvgIpc) is 2.90. The zero-order valence-corrected chi connectivity index (χ0v) is 12.7. The molecule has 108 valence electrons. The molecule has 5 heteroatoms. The molecule has 0 spiro atoms. The van der Waals surface area contributed by atoms with Gasteiger partial charge in [0.25, 0.3) is 0 Å². The standard InChI is InChI=1S/C16H14Cl2N2O/c17-12-6-5-10(13(18)9-12)7-14(20-19)16-8-11-3-1-2-4-15(11)21-16/h1-6,8-9,14,20H,7,19H2. The van der Waals surface area contributed by atoms with Crippen molar-refractivity contribution in [3.8, 4) is 0 Å². The maximum Gasteiger partial charge on any atom is 0.134 e. The van der Waals surface area contributed by atoms with Crippen molar-refractivity contribution in [3.05, 3.63) is 69.9 Å². The number of nitrogens with one attached hydrogen (secondary N) is 1. The highest BCUT2D eigenvalue weighted by Crippen LogP contribution is 2.29. The largest absolute Gasteiger partial charge is 0.459 e. The summed E-state index contributed by atoms with van der Waals surface area (Å²) in [7, 11) is 0. The molecule has 0 bridgehead atoms. The van der Waals surface area contributed by atoms with Crippen LogP contribution in [0.4, 0.5) is 0 Å². The van der Waals surface area contributed by atoms with Gasteiger partial charge in [-0.2, -0.15) is 0 Å². The Hall–Kier alpha value is -1.52. The van der Waals surface area contributed by atoms with Crippen LogP contribution < -0.4 is 11.3 Å². The van der Waals surface area contributed by atoms with E-state index in [0.29, 0.717) is 16.5 Å². The summed E-state index contributed by atoms with van der Waals surface area (Å²) in [6.45, 7) is 0. The Morgan fingerprint density at radius 2 is 1.90 bits per heavy atom. The second-order valence-electron chi connectivity index (χ2n) is 4.85. The van der Waals surface area contributed by atoms with E-state index in [1.165, 1.54) is 0 Å². The Kier molecular flexibility index (Phi) is 4.17. The Bertz CT molecular complexity index is 737. The third kappa shape index (κ3) is 3.06. The van der Waals surface area contributed by atoms with Crippen molar-refractivity contribution in [2.75, 3.05) is 0 Å². The lowest BCUT2D eigenvalue weighted by Gasteiger charge is -2.14. The van der Waals surface area contributed by atoms with Crippen molar-refractivity contribution in [2.24, 2.45) is 5.84 Å². The molecule has 0 radical (unpaired) electrons. The van der Waals surface area contributed by atoms with Crippen LogP contribution in [0.3, 0.4) is 0 Å². The van der Waals surface area contributed by atoms with Crippen LogP contribution in [-0.4, -0.2) is 0 Å². The number of benzene rings is 2. The van der Waals surface area contributed by atoms with E-state index < -0.39 is 0 Å². The van der Waals surface area contributed by atoms with Gasteiger partial charge in [-0.05, 0) is 36.2 Å². The fourth-order valence-electron chi connectivity index (χ4n) is 2.32. The van der Waals surface area contributed by atoms with Crippen LogP contribution in [-0.2, 0) is 6.42 Å². The van der Waals surface area contributed by atoms with Gasteiger partial charge in [0.05, 0.1) is 6.04 Å². The zero-order chi connectivity index (χ0) is 14.8. The molecule has 2 aromatic carbocycles. The number of rotatable bonds is 4. The Labute approximate surface area is 132 Å². The lowest BCUT2D eigenvalue weighted by atomic mass is 10.0. The molecule has 3 N–H and O–H groups in total. The van der Waals surface area contributed by atoms with Gasteiger partial charge in [-0.1, -0.05) is 47.5 Å². The highest BCUT2D eigenvalue weighted by Gasteiger charge is 2.17. The molecular weight excluding hydrogens is 307 g/mol. The average molecular weight is 321 g/mol. The summed E-state index contributed by atoms with van der Waals surface area (Å²) in [5.41, 5.74) is 4.59. The summed E-state index contributed by atoms with van der Waals surface area (Å²) in [6.07, 6.45) is 0.617. The lowest BCUT2D eigenvalue weighted by Crippen LogP contribution is -2.29. The number of para-hydroxylation sites is 1. The SMILES string of the molecule is NNC(Cc1ccc(Cl)cc1Cl)c1cc2ccccc2o1. The first-order valence-electron chi connectivity index (χ1n) is 6.56. The van der Waals surface area contributed by atoms with Crippen molar-refractivity contribution in [3.63, 3.8) is 0 Å². The highest BCUT2D eigenvalue weighted by atomic mass is 35.5. The van der Waals surface area contributed by atoms with E-state index in [1.807, 2.05) is 42.5 Å². The van der Waals surface area contributed by atoms with Gasteiger partial charge in [0, 0.05) is 15.4 Å². The van der Waals surface area contributed by atoms with Gasteiger partial charge in [0.15, 0.2) is 0 Å². The Balaban J connectivity index is 1.90. The third-order valence-corrected chi connectivity index (χ3v) is 4.02. The van der Waals surface area contributed by atoms with Gasteiger partial charge in [-0.3, -0.25) is 5.84 Å². The monoisotopic (exact) mass is 320 g/mol. The summed E-state index contributed by atoms with van der Waals surface area (Å²) in [5.74, 6) is 6.46. The second-order valence-corrected chi connectivity index (χ2v) is 5.69. The maximum atomic E-state index is 6.21. The minimum absolute atomic E-state index is 0.156. The number of hydrogen-bond acceptors (Lipinski definition) is 3. The summed E-state index contributed by atoms with van der Waals surface area (Å²) in [5, 5.41) is 2.29. The number of fused-ring (bicyclic) bond motifs is 1. The summed E-state index contributed by atoms with van der Waals surface area (Å²) >= 11 is 12.1. The molecule has 1 heterocycles. The number of nitrogens with two attached hydrogens (primary N) is 1. The third-order valence-electron chi connectivity index (χ3n) is 3.43. The van der Waals surface area contributed by atoms with Gasteiger partial charge in [0.2, 0.25) is 0 Å². The van der Waals surface area contributed by atoms with Crippen LogP contribution in [0.5, 0.6) is 0 Å². The molecule has 1 atom stereocenters. The first-order valence-corrected chi connectivity index (χ1v) is 7.31. The number of hydrogen-bond donors (Lipinski definition) is 2. The normalized spacial score (nSPS) is 12.7. The quantitative estimate of drug-likeness (QED) is 0.550. The minimum Gasteiger partial charge on any atom is -0.459 e. The van der Waals surface area contributed by atoms with Gasteiger partial charge in [0.1, 0.15) is 11.3 Å². The summed E-state index contributed by atoms with van der Waals surface area (Å²) < 4.78 is 5.85. The van der Waals surface area contributed by atoms with Crippen LogP contribution in [0.1, 0.15) is 17.4 Å². The van der Waals surface area contributed by atoms with Gasteiger partial charge in [-0.25, -0.2) is 5.43 Å². The molecule has 1 aromatic heterocycles. The zero-order valence-electron chi connectivity index (χ0n) is 11.1. The van der Waals surface area contributed by atoms with E-state index >= 15 is 0 Å². The summed E-state index contributed by atoms with van der Waals surface area (Å²) in [4.78, 5) is 0. The summed E-state index contributed by atoms with van der Waals surface area (Å²) in [6, 6.07) is 15.1. The van der Waals surface area contributed by atoms with Crippen LogP contribution in [0.2, 0.25) is 10.0 Å². The minimum atomic E-state index is -0.156. The topological polar surface area (TPSA) is 51.2 Å². The number of hydrazine groups is 1. The van der Waals surface area contributed by atoms with E-state index in [9.17, 15) is 0 Å². The first-order chi connectivity index (χ1) is 10.2. The highest BCUT2D eigenvalue weighted by molar-refractivity contribution is 6.35. The van der Waals surface area contributed by atoms with E-state index in [-0.39, 0.29) is 6.04 Å². The second kappa shape index (κ2) is 6.08. The molecule has 1 unspecified atom stereocenters. The van der Waals surface area contributed by atoms with Crippen LogP contribution in [0.25, 0.3) is 11.0 Å². The van der Waals surface area contributed by atoms with E-state index in [4.69, 9.17) is 33.5 Å². The maximum absolute atomic E-state index is 6.21. The molecule has 0 amide bonds. The predicted molar refractivity (Wildman–Crippen MR) is 86.4 cm³/mol. The van der Waals surface area contributed by atoms with E-state index in [1.54, 1.807) is 6.07 Å². The molecule has 0 fully saturated rings.